The lowest BCUT2D eigenvalue weighted by Gasteiger charge is -2.23. The summed E-state index contributed by atoms with van der Waals surface area (Å²) in [4.78, 5) is 12.3. The second-order valence-corrected chi connectivity index (χ2v) is 5.57. The average Bonchev–Trinajstić information content (AvgIpc) is 2.56. The van der Waals surface area contributed by atoms with Gasteiger partial charge in [-0.3, -0.25) is 4.79 Å². The van der Waals surface area contributed by atoms with E-state index in [4.69, 9.17) is 9.47 Å². The number of amides is 1. The molecular weight excluding hydrogens is 316 g/mol. The van der Waals surface area contributed by atoms with Crippen LogP contribution in [0.3, 0.4) is 0 Å². The van der Waals surface area contributed by atoms with Crippen LogP contribution in [0.5, 0.6) is 11.5 Å². The van der Waals surface area contributed by atoms with Gasteiger partial charge in [0.15, 0.2) is 11.5 Å². The predicted molar refractivity (Wildman–Crippen MR) is 94.0 cm³/mol. The van der Waals surface area contributed by atoms with E-state index in [2.05, 4.69) is 17.6 Å². The molecule has 1 aromatic carbocycles. The number of unbranched alkanes of at least 4 members (excludes halogenated alkanes) is 1. The van der Waals surface area contributed by atoms with Crippen molar-refractivity contribution in [3.05, 3.63) is 23.8 Å². The molecule has 2 rings (SSSR count). The highest BCUT2D eigenvalue weighted by Crippen LogP contribution is 2.28. The van der Waals surface area contributed by atoms with Gasteiger partial charge in [-0.15, -0.1) is 12.4 Å². The van der Waals surface area contributed by atoms with Crippen LogP contribution in [-0.2, 0) is 0 Å². The molecule has 6 heteroatoms. The Labute approximate surface area is 144 Å². The zero-order chi connectivity index (χ0) is 15.8. The van der Waals surface area contributed by atoms with E-state index in [1.165, 1.54) is 0 Å². The third kappa shape index (κ3) is 5.92. The lowest BCUT2D eigenvalue weighted by atomic mass is 10.1. The molecule has 0 unspecified atom stereocenters. The van der Waals surface area contributed by atoms with Crippen molar-refractivity contribution >= 4 is 18.3 Å². The first-order valence-electron chi connectivity index (χ1n) is 8.07. The fourth-order valence-electron chi connectivity index (χ4n) is 2.49. The fourth-order valence-corrected chi connectivity index (χ4v) is 2.49. The standard InChI is InChI=1S/C17H26N2O3.ClH/c1-3-4-11-22-15-6-5-13(12-16(15)21-2)17(20)19-14-7-9-18-10-8-14;/h5-6,12,14,18H,3-4,7-11H2,1-2H3,(H,19,20);1H. The molecule has 1 aliphatic rings. The molecule has 1 amide bonds. The molecule has 130 valence electrons. The van der Waals surface area contributed by atoms with E-state index < -0.39 is 0 Å². The van der Waals surface area contributed by atoms with Crippen molar-refractivity contribution in [3.8, 4) is 11.5 Å². The summed E-state index contributed by atoms with van der Waals surface area (Å²) < 4.78 is 11.0. The Morgan fingerprint density at radius 1 is 1.30 bits per heavy atom. The first kappa shape index (κ1) is 19.6. The van der Waals surface area contributed by atoms with Gasteiger partial charge in [0.1, 0.15) is 0 Å². The van der Waals surface area contributed by atoms with E-state index in [1.807, 2.05) is 6.07 Å². The molecule has 1 aromatic rings. The summed E-state index contributed by atoms with van der Waals surface area (Å²) in [5.74, 6) is 1.24. The smallest absolute Gasteiger partial charge is 0.251 e. The number of ether oxygens (including phenoxy) is 2. The van der Waals surface area contributed by atoms with Gasteiger partial charge in [-0.05, 0) is 50.6 Å². The van der Waals surface area contributed by atoms with Gasteiger partial charge in [-0.2, -0.15) is 0 Å². The zero-order valence-corrected chi connectivity index (χ0v) is 14.7. The number of rotatable bonds is 7. The Kier molecular flexibility index (Phi) is 8.81. The van der Waals surface area contributed by atoms with Crippen LogP contribution in [-0.4, -0.2) is 38.8 Å². The monoisotopic (exact) mass is 342 g/mol. The highest BCUT2D eigenvalue weighted by molar-refractivity contribution is 5.95. The summed E-state index contributed by atoms with van der Waals surface area (Å²) >= 11 is 0. The Morgan fingerprint density at radius 2 is 2.04 bits per heavy atom. The second kappa shape index (κ2) is 10.3. The summed E-state index contributed by atoms with van der Waals surface area (Å²) in [6, 6.07) is 5.60. The lowest BCUT2D eigenvalue weighted by Crippen LogP contribution is -2.42. The quantitative estimate of drug-likeness (QED) is 0.748. The summed E-state index contributed by atoms with van der Waals surface area (Å²) in [5.41, 5.74) is 0.609. The van der Waals surface area contributed by atoms with E-state index in [0.717, 1.165) is 38.8 Å². The topological polar surface area (TPSA) is 59.6 Å². The maximum atomic E-state index is 12.3. The van der Waals surface area contributed by atoms with E-state index in [9.17, 15) is 4.79 Å². The van der Waals surface area contributed by atoms with Crippen molar-refractivity contribution < 1.29 is 14.3 Å². The molecule has 0 radical (unpaired) electrons. The van der Waals surface area contributed by atoms with Gasteiger partial charge in [0, 0.05) is 11.6 Å². The van der Waals surface area contributed by atoms with Crippen LogP contribution >= 0.6 is 12.4 Å². The SMILES string of the molecule is CCCCOc1ccc(C(=O)NC2CCNCC2)cc1OC.Cl. The fraction of sp³-hybridized carbons (Fsp3) is 0.588. The first-order chi connectivity index (χ1) is 10.7. The molecule has 23 heavy (non-hydrogen) atoms. The third-order valence-electron chi connectivity index (χ3n) is 3.86. The van der Waals surface area contributed by atoms with Crippen LogP contribution in [0.2, 0.25) is 0 Å². The first-order valence-corrected chi connectivity index (χ1v) is 8.07. The van der Waals surface area contributed by atoms with Crippen LogP contribution in [0, 0.1) is 0 Å². The summed E-state index contributed by atoms with van der Waals surface area (Å²) in [7, 11) is 1.59. The minimum atomic E-state index is -0.0506. The minimum Gasteiger partial charge on any atom is -0.493 e. The lowest BCUT2D eigenvalue weighted by molar-refractivity contribution is 0.0929. The largest absolute Gasteiger partial charge is 0.493 e. The van der Waals surface area contributed by atoms with Crippen LogP contribution in [0.4, 0.5) is 0 Å². The van der Waals surface area contributed by atoms with Crippen molar-refractivity contribution in [2.45, 2.75) is 38.6 Å². The number of carbonyl (C=O) groups excluding carboxylic acids is 1. The molecular formula is C17H27ClN2O3. The molecule has 2 N–H and O–H groups in total. The molecule has 1 saturated heterocycles. The van der Waals surface area contributed by atoms with Crippen molar-refractivity contribution in [1.29, 1.82) is 0 Å². The van der Waals surface area contributed by atoms with E-state index in [0.29, 0.717) is 23.7 Å². The number of nitrogens with one attached hydrogen (secondary N) is 2. The number of piperidine rings is 1. The average molecular weight is 343 g/mol. The summed E-state index contributed by atoms with van der Waals surface area (Å²) in [6.45, 7) is 4.69. The highest BCUT2D eigenvalue weighted by atomic mass is 35.5. The van der Waals surface area contributed by atoms with Gasteiger partial charge in [0.25, 0.3) is 5.91 Å². The van der Waals surface area contributed by atoms with Gasteiger partial charge in [0.05, 0.1) is 13.7 Å². The van der Waals surface area contributed by atoms with E-state index in [-0.39, 0.29) is 24.4 Å². The Balaban J connectivity index is 0.00000264. The predicted octanol–water partition coefficient (Wildman–Crippen LogP) is 2.78. The maximum Gasteiger partial charge on any atom is 0.251 e. The van der Waals surface area contributed by atoms with Crippen LogP contribution in [0.25, 0.3) is 0 Å². The number of hydrogen-bond acceptors (Lipinski definition) is 4. The Morgan fingerprint density at radius 3 is 2.70 bits per heavy atom. The minimum absolute atomic E-state index is 0. The third-order valence-corrected chi connectivity index (χ3v) is 3.86. The van der Waals surface area contributed by atoms with Gasteiger partial charge in [0.2, 0.25) is 0 Å². The van der Waals surface area contributed by atoms with Crippen molar-refractivity contribution in [2.75, 3.05) is 26.8 Å². The maximum absolute atomic E-state index is 12.3. The molecule has 1 fully saturated rings. The molecule has 0 atom stereocenters. The van der Waals surface area contributed by atoms with Gasteiger partial charge in [-0.1, -0.05) is 13.3 Å². The molecule has 0 aliphatic carbocycles. The van der Waals surface area contributed by atoms with E-state index >= 15 is 0 Å². The van der Waals surface area contributed by atoms with Crippen LogP contribution in [0.15, 0.2) is 18.2 Å². The number of carbonyl (C=O) groups is 1. The van der Waals surface area contributed by atoms with E-state index in [1.54, 1.807) is 19.2 Å². The molecule has 0 bridgehead atoms. The molecule has 0 saturated carbocycles. The number of benzene rings is 1. The molecule has 0 aromatic heterocycles. The number of methoxy groups -OCH3 is 1. The zero-order valence-electron chi connectivity index (χ0n) is 13.9. The highest BCUT2D eigenvalue weighted by Gasteiger charge is 2.17. The van der Waals surface area contributed by atoms with Crippen LogP contribution in [0.1, 0.15) is 43.0 Å². The van der Waals surface area contributed by atoms with Crippen LogP contribution < -0.4 is 20.1 Å². The Hall–Kier alpha value is -1.46. The van der Waals surface area contributed by atoms with Gasteiger partial charge in [-0.25, -0.2) is 0 Å². The van der Waals surface area contributed by atoms with Crippen molar-refractivity contribution in [3.63, 3.8) is 0 Å². The Bertz CT molecular complexity index is 491. The second-order valence-electron chi connectivity index (χ2n) is 5.57. The van der Waals surface area contributed by atoms with Gasteiger partial charge < -0.3 is 20.1 Å². The molecule has 5 nitrogen and oxygen atoms in total. The molecule has 0 spiro atoms. The normalized spacial score (nSPS) is 14.7. The molecule has 1 heterocycles. The number of halogens is 1. The van der Waals surface area contributed by atoms with Crippen molar-refractivity contribution in [1.82, 2.24) is 10.6 Å². The number of hydrogen-bond donors (Lipinski definition) is 2. The van der Waals surface area contributed by atoms with Gasteiger partial charge >= 0.3 is 0 Å². The molecule has 1 aliphatic heterocycles. The summed E-state index contributed by atoms with van der Waals surface area (Å²) in [6.07, 6.45) is 4.03. The summed E-state index contributed by atoms with van der Waals surface area (Å²) in [5, 5.41) is 6.37. The van der Waals surface area contributed by atoms with Crippen molar-refractivity contribution in [2.24, 2.45) is 0 Å².